The number of nitrogens with zero attached hydrogens (tertiary/aromatic N) is 4. The Morgan fingerprint density at radius 1 is 0.880 bits per heavy atom. The number of hydrogen-bond donors (Lipinski definition) is 0. The molecular formula is C19H45MoN5. The maximum atomic E-state index is 6.58. The molecule has 0 aromatic heterocycles. The Kier molecular flexibility index (Phi) is 17.1. The molecule has 0 aromatic rings. The quantitative estimate of drug-likeness (QED) is 0.483. The van der Waals surface area contributed by atoms with Crippen LogP contribution in [0.4, 0.5) is 0 Å². The summed E-state index contributed by atoms with van der Waals surface area (Å²) in [6, 6.07) is 0.0833. The molecule has 25 heavy (non-hydrogen) atoms. The average Bonchev–Trinajstić information content (AvgIpc) is 2.22. The zero-order valence-corrected chi connectivity index (χ0v) is 21.2. The first-order valence-electron chi connectivity index (χ1n) is 9.01. The summed E-state index contributed by atoms with van der Waals surface area (Å²) in [7, 11) is 4.14. The van der Waals surface area contributed by atoms with E-state index in [1.165, 1.54) is 0 Å². The fraction of sp³-hybridized carbons (Fsp3) is 1.00. The van der Waals surface area contributed by atoms with Gasteiger partial charge in [0.2, 0.25) is 0 Å². The summed E-state index contributed by atoms with van der Waals surface area (Å²) in [6.07, 6.45) is 0. The van der Waals surface area contributed by atoms with Gasteiger partial charge in [0.05, 0.1) is 0 Å². The molecule has 0 fully saturated rings. The van der Waals surface area contributed by atoms with Crippen LogP contribution < -0.4 is 0 Å². The van der Waals surface area contributed by atoms with Crippen molar-refractivity contribution in [2.75, 3.05) is 27.2 Å². The molecule has 0 heterocycles. The van der Waals surface area contributed by atoms with E-state index in [0.717, 1.165) is 13.1 Å². The van der Waals surface area contributed by atoms with Crippen LogP contribution in [0.15, 0.2) is 6.99 Å². The Hall–Kier alpha value is 0.168. The molecule has 0 saturated heterocycles. The Morgan fingerprint density at radius 2 is 1.20 bits per heavy atom. The average molecular weight is 440 g/mol. The summed E-state index contributed by atoms with van der Waals surface area (Å²) in [4.78, 5) is 2.15. The van der Waals surface area contributed by atoms with Crippen LogP contribution in [0.5, 0.6) is 0 Å². The van der Waals surface area contributed by atoms with Crippen molar-refractivity contribution in [3.63, 3.8) is 0 Å². The summed E-state index contributed by atoms with van der Waals surface area (Å²) >= 11 is -0.473. The van der Waals surface area contributed by atoms with E-state index in [1.54, 1.807) is 0 Å². The Bertz CT molecular complexity index is 344. The van der Waals surface area contributed by atoms with Crippen molar-refractivity contribution in [3.8, 4) is 0 Å². The first-order chi connectivity index (χ1) is 10.9. The normalized spacial score (nSPS) is 11.8. The number of nitrogens with one attached hydrogen (secondary N) is 1. The summed E-state index contributed by atoms with van der Waals surface area (Å²) in [5.41, 5.74) is 6.93. The van der Waals surface area contributed by atoms with Crippen LogP contribution in [0.2, 0.25) is 0 Å². The molecule has 0 aromatic carbocycles. The Balaban J connectivity index is -0.000000321. The summed E-state index contributed by atoms with van der Waals surface area (Å²) in [5, 5.41) is 4.46. The summed E-state index contributed by atoms with van der Waals surface area (Å²) < 4.78 is 9.01. The zero-order chi connectivity index (χ0) is 20.9. The summed E-state index contributed by atoms with van der Waals surface area (Å²) in [5.74, 6) is 0. The predicted molar refractivity (Wildman–Crippen MR) is 110 cm³/mol. The van der Waals surface area contributed by atoms with E-state index < -0.39 is 18.2 Å². The third-order valence-corrected chi connectivity index (χ3v) is 4.86. The van der Waals surface area contributed by atoms with Crippen molar-refractivity contribution in [2.45, 2.75) is 98.8 Å². The van der Waals surface area contributed by atoms with Gasteiger partial charge in [-0.15, -0.1) is 18.1 Å². The van der Waals surface area contributed by atoms with E-state index in [2.05, 4.69) is 93.6 Å². The molecule has 5 nitrogen and oxygen atoms in total. The van der Waals surface area contributed by atoms with Crippen LogP contribution in [0.1, 0.15) is 76.2 Å². The fourth-order valence-corrected chi connectivity index (χ4v) is 2.16. The molecule has 0 bridgehead atoms. The van der Waals surface area contributed by atoms with Gasteiger partial charge in [0.1, 0.15) is 0 Å². The second kappa shape index (κ2) is 14.3. The Labute approximate surface area is 167 Å². The van der Waals surface area contributed by atoms with Gasteiger partial charge in [-0.2, -0.15) is 0 Å². The molecule has 0 amide bonds. The largest absolute Gasteiger partial charge is 0.675 e. The molecule has 0 aliphatic heterocycles. The molecule has 0 unspecified atom stereocenters. The van der Waals surface area contributed by atoms with Crippen molar-refractivity contribution in [1.82, 2.24) is 4.90 Å². The van der Waals surface area contributed by atoms with Crippen LogP contribution in [-0.2, 0) is 18.2 Å². The molecule has 0 radical (unpaired) electrons. The second-order valence-corrected chi connectivity index (χ2v) is 10.9. The smallest absolute Gasteiger partial charge is 0.0138 e. The van der Waals surface area contributed by atoms with Gasteiger partial charge in [-0.3, -0.25) is 0 Å². The van der Waals surface area contributed by atoms with Crippen molar-refractivity contribution in [3.05, 3.63) is 11.1 Å². The van der Waals surface area contributed by atoms with E-state index in [1.807, 2.05) is 13.8 Å². The number of hydrogen-bond acceptors (Lipinski definition) is 3. The minimum absolute atomic E-state index is 0.0833. The van der Waals surface area contributed by atoms with Crippen LogP contribution in [0.3, 0.4) is 0 Å². The van der Waals surface area contributed by atoms with Crippen LogP contribution in [-0.4, -0.2) is 54.7 Å². The van der Waals surface area contributed by atoms with Gasteiger partial charge in [0.15, 0.2) is 0 Å². The van der Waals surface area contributed by atoms with Gasteiger partial charge in [-0.1, -0.05) is 34.6 Å². The van der Waals surface area contributed by atoms with E-state index in [4.69, 9.17) is 5.73 Å². The van der Waals surface area contributed by atoms with Crippen LogP contribution >= 0.6 is 0 Å². The van der Waals surface area contributed by atoms with Gasteiger partial charge >= 0.3 is 77.8 Å². The predicted octanol–water partition coefficient (Wildman–Crippen LogP) is 6.20. The van der Waals surface area contributed by atoms with Crippen LogP contribution in [0.25, 0.3) is 11.1 Å². The van der Waals surface area contributed by atoms with Gasteiger partial charge in [0, 0.05) is 0 Å². The molecule has 0 rings (SSSR count). The van der Waals surface area contributed by atoms with Crippen molar-refractivity contribution in [1.29, 1.82) is 0 Å². The second-order valence-electron chi connectivity index (χ2n) is 9.62. The molecule has 0 aliphatic carbocycles. The molecule has 6 heteroatoms. The molecule has 152 valence electrons. The monoisotopic (exact) mass is 441 g/mol. The molecule has 0 aliphatic rings. The van der Waals surface area contributed by atoms with E-state index >= 15 is 0 Å². The third-order valence-electron chi connectivity index (χ3n) is 1.76. The van der Waals surface area contributed by atoms with E-state index in [0.29, 0.717) is 0 Å². The van der Waals surface area contributed by atoms with E-state index in [-0.39, 0.29) is 22.7 Å². The van der Waals surface area contributed by atoms with Crippen LogP contribution in [0, 0.1) is 0 Å². The van der Waals surface area contributed by atoms with Gasteiger partial charge < -0.3 is 16.0 Å². The fourth-order valence-electron chi connectivity index (χ4n) is 0.851. The minimum atomic E-state index is -0.473. The SMILES string of the molecule is CC(C)(C)[N]=[Mo+2]=[N]C(C)(C)C.CC(C)[NH-].CN(C)CC[N-]C(C)(C)C. The zero-order valence-electron chi connectivity index (χ0n) is 19.2. The molecule has 1 N–H and O–H groups in total. The standard InChI is InChI=1S/C8H19N2.2C4H9N.C3H8N.Mo/c1-8(2,3)9-6-7-10(4)5;2*1-4(2,3)5;1-3(2)4;/h6-7H2,1-5H3;2*1-3H3;3-4H,1-2H3;/q-1;;;-1;+2. The van der Waals surface area contributed by atoms with Crippen molar-refractivity contribution in [2.24, 2.45) is 6.99 Å². The van der Waals surface area contributed by atoms with Gasteiger partial charge in [0.25, 0.3) is 0 Å². The molecule has 0 spiro atoms. The van der Waals surface area contributed by atoms with Gasteiger partial charge in [-0.25, -0.2) is 0 Å². The Morgan fingerprint density at radius 3 is 1.40 bits per heavy atom. The van der Waals surface area contributed by atoms with Gasteiger partial charge in [-0.05, 0) is 20.6 Å². The first-order valence-corrected chi connectivity index (χ1v) is 10.8. The minimum Gasteiger partial charge on any atom is -0.675 e. The number of likely N-dealkylation sites (N-methyl/N-ethyl adjacent to an activating group) is 1. The van der Waals surface area contributed by atoms with Crippen molar-refractivity contribution >= 4 is 0 Å². The maximum Gasteiger partial charge on any atom is -0.0138 e. The molecule has 0 atom stereocenters. The first kappa shape index (κ1) is 29.9. The summed E-state index contributed by atoms with van der Waals surface area (Å²) in [6.45, 7) is 24.8. The van der Waals surface area contributed by atoms with E-state index in [9.17, 15) is 0 Å². The van der Waals surface area contributed by atoms with Crippen molar-refractivity contribution < 1.29 is 18.2 Å². The molecule has 0 saturated carbocycles. The molecular weight excluding hydrogens is 394 g/mol. The third kappa shape index (κ3) is 51.6. The number of rotatable bonds is 3. The topological polar surface area (TPSA) is 65.9 Å². The maximum absolute atomic E-state index is 6.58.